The van der Waals surface area contributed by atoms with Crippen LogP contribution >= 0.6 is 24.8 Å². The number of hydrogen-bond donors (Lipinski definition) is 2. The van der Waals surface area contributed by atoms with E-state index < -0.39 is 0 Å². The number of amides is 1. The third kappa shape index (κ3) is 7.49. The standard InChI is InChI=1S/C16H31N3O.2ClH/c1-19(15-8-3-2-4-9-15)12-6-11-18-16(20)14-7-5-10-17-13-14;;/h14-15,17H,2-13H2,1H3,(H,18,20);2*1H. The van der Waals surface area contributed by atoms with Gasteiger partial charge in [0, 0.05) is 19.1 Å². The lowest BCUT2D eigenvalue weighted by atomic mass is 9.94. The van der Waals surface area contributed by atoms with Crippen LogP contribution in [0.5, 0.6) is 0 Å². The summed E-state index contributed by atoms with van der Waals surface area (Å²) in [5, 5.41) is 6.40. The van der Waals surface area contributed by atoms with Crippen molar-refractivity contribution in [1.82, 2.24) is 15.5 Å². The molecular formula is C16H33Cl2N3O. The third-order valence-electron chi connectivity index (χ3n) is 4.85. The minimum atomic E-state index is 0. The van der Waals surface area contributed by atoms with E-state index in [2.05, 4.69) is 22.6 Å². The molecule has 0 aromatic heterocycles. The summed E-state index contributed by atoms with van der Waals surface area (Å²) < 4.78 is 0. The van der Waals surface area contributed by atoms with Gasteiger partial charge in [-0.2, -0.15) is 0 Å². The number of carbonyl (C=O) groups excluding carboxylic acids is 1. The highest BCUT2D eigenvalue weighted by atomic mass is 35.5. The van der Waals surface area contributed by atoms with Gasteiger partial charge in [0.1, 0.15) is 0 Å². The van der Waals surface area contributed by atoms with Crippen molar-refractivity contribution in [2.45, 2.75) is 57.4 Å². The first kappa shape index (κ1) is 22.0. The minimum absolute atomic E-state index is 0. The van der Waals surface area contributed by atoms with Gasteiger partial charge in [-0.15, -0.1) is 24.8 Å². The van der Waals surface area contributed by atoms with E-state index in [1.165, 1.54) is 32.1 Å². The first-order valence-corrected chi connectivity index (χ1v) is 8.46. The lowest BCUT2D eigenvalue weighted by Crippen LogP contribution is -2.41. The highest BCUT2D eigenvalue weighted by molar-refractivity contribution is 5.85. The highest BCUT2D eigenvalue weighted by Gasteiger charge is 2.20. The van der Waals surface area contributed by atoms with E-state index in [9.17, 15) is 4.79 Å². The van der Waals surface area contributed by atoms with Gasteiger partial charge in [0.05, 0.1) is 5.92 Å². The predicted molar refractivity (Wildman–Crippen MR) is 97.2 cm³/mol. The lowest BCUT2D eigenvalue weighted by molar-refractivity contribution is -0.125. The lowest BCUT2D eigenvalue weighted by Gasteiger charge is -2.31. The molecule has 1 aliphatic carbocycles. The maximum Gasteiger partial charge on any atom is 0.224 e. The van der Waals surface area contributed by atoms with E-state index in [4.69, 9.17) is 0 Å². The number of nitrogens with zero attached hydrogens (tertiary/aromatic N) is 1. The second kappa shape index (κ2) is 12.4. The summed E-state index contributed by atoms with van der Waals surface area (Å²) in [6.45, 7) is 3.85. The number of piperidine rings is 1. The number of halogens is 2. The van der Waals surface area contributed by atoms with Crippen LogP contribution in [-0.2, 0) is 4.79 Å². The molecule has 1 saturated carbocycles. The summed E-state index contributed by atoms with van der Waals surface area (Å²) in [6.07, 6.45) is 10.1. The topological polar surface area (TPSA) is 44.4 Å². The summed E-state index contributed by atoms with van der Waals surface area (Å²) in [4.78, 5) is 14.5. The molecular weight excluding hydrogens is 321 g/mol. The van der Waals surface area contributed by atoms with Gasteiger partial charge in [-0.25, -0.2) is 0 Å². The van der Waals surface area contributed by atoms with Crippen molar-refractivity contribution >= 4 is 30.7 Å². The summed E-state index contributed by atoms with van der Waals surface area (Å²) in [6, 6.07) is 0.780. The number of hydrogen-bond acceptors (Lipinski definition) is 3. The maximum absolute atomic E-state index is 12.0. The Balaban J connectivity index is 0.00000220. The number of rotatable bonds is 6. The Bertz CT molecular complexity index is 293. The Kier molecular flexibility index (Phi) is 12.4. The first-order valence-electron chi connectivity index (χ1n) is 8.46. The number of nitrogens with one attached hydrogen (secondary N) is 2. The molecule has 1 aliphatic heterocycles. The molecule has 132 valence electrons. The van der Waals surface area contributed by atoms with Crippen molar-refractivity contribution in [3.05, 3.63) is 0 Å². The van der Waals surface area contributed by atoms with Crippen LogP contribution < -0.4 is 10.6 Å². The van der Waals surface area contributed by atoms with Gasteiger partial charge in [0.15, 0.2) is 0 Å². The molecule has 1 atom stereocenters. The zero-order valence-electron chi connectivity index (χ0n) is 13.8. The first-order chi connectivity index (χ1) is 9.77. The fourth-order valence-electron chi connectivity index (χ4n) is 3.46. The van der Waals surface area contributed by atoms with E-state index in [-0.39, 0.29) is 36.6 Å². The van der Waals surface area contributed by atoms with E-state index in [1.807, 2.05) is 0 Å². The molecule has 0 radical (unpaired) electrons. The Morgan fingerprint density at radius 3 is 2.50 bits per heavy atom. The van der Waals surface area contributed by atoms with Gasteiger partial charge in [-0.3, -0.25) is 4.79 Å². The van der Waals surface area contributed by atoms with Gasteiger partial charge in [-0.1, -0.05) is 19.3 Å². The van der Waals surface area contributed by atoms with Crippen LogP contribution in [0.2, 0.25) is 0 Å². The fraction of sp³-hybridized carbons (Fsp3) is 0.938. The summed E-state index contributed by atoms with van der Waals surface area (Å²) in [5.74, 6) is 0.442. The second-order valence-corrected chi connectivity index (χ2v) is 6.46. The summed E-state index contributed by atoms with van der Waals surface area (Å²) in [5.41, 5.74) is 0. The summed E-state index contributed by atoms with van der Waals surface area (Å²) in [7, 11) is 2.24. The van der Waals surface area contributed by atoms with Crippen molar-refractivity contribution < 1.29 is 4.79 Å². The number of carbonyl (C=O) groups is 1. The normalized spacial score (nSPS) is 22.5. The molecule has 0 spiro atoms. The molecule has 4 nitrogen and oxygen atoms in total. The molecule has 1 unspecified atom stereocenters. The van der Waals surface area contributed by atoms with Crippen LogP contribution in [0.3, 0.4) is 0 Å². The SMILES string of the molecule is CN(CCCNC(=O)C1CCCNC1)C1CCCCC1.Cl.Cl. The van der Waals surface area contributed by atoms with Crippen molar-refractivity contribution in [2.24, 2.45) is 5.92 Å². The molecule has 0 aromatic rings. The van der Waals surface area contributed by atoms with E-state index in [0.717, 1.165) is 51.5 Å². The molecule has 1 amide bonds. The van der Waals surface area contributed by atoms with Gasteiger partial charge in [0.2, 0.25) is 5.91 Å². The Hall–Kier alpha value is -0.0300. The average molecular weight is 354 g/mol. The molecule has 2 rings (SSSR count). The molecule has 1 saturated heterocycles. The molecule has 2 aliphatic rings. The average Bonchev–Trinajstić information content (AvgIpc) is 2.53. The van der Waals surface area contributed by atoms with Crippen LogP contribution in [-0.4, -0.2) is 50.1 Å². The van der Waals surface area contributed by atoms with Gasteiger partial charge in [0.25, 0.3) is 0 Å². The molecule has 22 heavy (non-hydrogen) atoms. The molecule has 2 N–H and O–H groups in total. The van der Waals surface area contributed by atoms with E-state index in [0.29, 0.717) is 0 Å². The smallest absolute Gasteiger partial charge is 0.224 e. The van der Waals surface area contributed by atoms with Gasteiger partial charge < -0.3 is 15.5 Å². The molecule has 1 heterocycles. The third-order valence-corrected chi connectivity index (χ3v) is 4.85. The van der Waals surface area contributed by atoms with Crippen molar-refractivity contribution in [1.29, 1.82) is 0 Å². The maximum atomic E-state index is 12.0. The Morgan fingerprint density at radius 1 is 1.14 bits per heavy atom. The Labute approximate surface area is 148 Å². The second-order valence-electron chi connectivity index (χ2n) is 6.46. The fourth-order valence-corrected chi connectivity index (χ4v) is 3.46. The highest BCUT2D eigenvalue weighted by Crippen LogP contribution is 2.21. The molecule has 0 bridgehead atoms. The monoisotopic (exact) mass is 353 g/mol. The van der Waals surface area contributed by atoms with Crippen molar-refractivity contribution in [3.8, 4) is 0 Å². The molecule has 6 heteroatoms. The zero-order valence-corrected chi connectivity index (χ0v) is 15.4. The van der Waals surface area contributed by atoms with Crippen molar-refractivity contribution in [3.63, 3.8) is 0 Å². The Morgan fingerprint density at radius 2 is 1.86 bits per heavy atom. The van der Waals surface area contributed by atoms with Crippen LogP contribution in [0.15, 0.2) is 0 Å². The van der Waals surface area contributed by atoms with E-state index >= 15 is 0 Å². The minimum Gasteiger partial charge on any atom is -0.356 e. The largest absolute Gasteiger partial charge is 0.356 e. The van der Waals surface area contributed by atoms with Crippen LogP contribution in [0.4, 0.5) is 0 Å². The van der Waals surface area contributed by atoms with Gasteiger partial charge in [-0.05, 0) is 52.2 Å². The molecule has 2 fully saturated rings. The predicted octanol–water partition coefficient (Wildman–Crippen LogP) is 2.60. The van der Waals surface area contributed by atoms with Crippen LogP contribution in [0.25, 0.3) is 0 Å². The quantitative estimate of drug-likeness (QED) is 0.721. The molecule has 0 aromatic carbocycles. The van der Waals surface area contributed by atoms with Crippen molar-refractivity contribution in [2.75, 3.05) is 33.2 Å². The van der Waals surface area contributed by atoms with E-state index in [1.54, 1.807) is 0 Å². The summed E-state index contributed by atoms with van der Waals surface area (Å²) >= 11 is 0. The van der Waals surface area contributed by atoms with Crippen LogP contribution in [0, 0.1) is 5.92 Å². The van der Waals surface area contributed by atoms with Crippen LogP contribution in [0.1, 0.15) is 51.4 Å². The zero-order chi connectivity index (χ0) is 14.2. The van der Waals surface area contributed by atoms with Gasteiger partial charge >= 0.3 is 0 Å².